The van der Waals surface area contributed by atoms with Gasteiger partial charge >= 0.3 is 0 Å². The van der Waals surface area contributed by atoms with Gasteiger partial charge in [-0.25, -0.2) is 0 Å². The molecule has 1 heterocycles. The molecule has 19 heavy (non-hydrogen) atoms. The van der Waals surface area contributed by atoms with Crippen molar-refractivity contribution in [2.75, 3.05) is 19.8 Å². The van der Waals surface area contributed by atoms with E-state index < -0.39 is 0 Å². The van der Waals surface area contributed by atoms with Crippen LogP contribution in [0.2, 0.25) is 0 Å². The van der Waals surface area contributed by atoms with Crippen LogP contribution in [0.3, 0.4) is 0 Å². The predicted molar refractivity (Wildman–Crippen MR) is 76.9 cm³/mol. The van der Waals surface area contributed by atoms with E-state index in [4.69, 9.17) is 0 Å². The predicted octanol–water partition coefficient (Wildman–Crippen LogP) is 2.20. The van der Waals surface area contributed by atoms with Crippen LogP contribution in [-0.4, -0.2) is 40.9 Å². The number of benzene rings is 1. The van der Waals surface area contributed by atoms with E-state index in [2.05, 4.69) is 24.0 Å². The van der Waals surface area contributed by atoms with E-state index in [0.717, 1.165) is 24.9 Å². The fourth-order valence-corrected chi connectivity index (χ4v) is 3.36. The van der Waals surface area contributed by atoms with E-state index in [1.165, 1.54) is 6.42 Å². The van der Waals surface area contributed by atoms with Gasteiger partial charge in [0.05, 0.1) is 19.3 Å². The molecule has 0 saturated carbocycles. The summed E-state index contributed by atoms with van der Waals surface area (Å²) in [5.74, 6) is 0.538. The van der Waals surface area contributed by atoms with Crippen molar-refractivity contribution in [2.45, 2.75) is 38.3 Å². The zero-order chi connectivity index (χ0) is 13.7. The third kappa shape index (κ3) is 3.16. The summed E-state index contributed by atoms with van der Waals surface area (Å²) >= 11 is 0. The second-order valence-corrected chi connectivity index (χ2v) is 5.41. The number of aliphatic hydroxyl groups excluding tert-OH is 2. The summed E-state index contributed by atoms with van der Waals surface area (Å²) in [5, 5.41) is 19.5. The molecular formula is C16H25NO2. The molecule has 1 aliphatic rings. The lowest BCUT2D eigenvalue weighted by atomic mass is 9.85. The average Bonchev–Trinajstić information content (AvgIpc) is 2.48. The van der Waals surface area contributed by atoms with Crippen molar-refractivity contribution in [2.24, 2.45) is 5.92 Å². The molecule has 1 aliphatic heterocycles. The molecule has 0 aliphatic carbocycles. The minimum absolute atomic E-state index is 0.00713. The Bertz CT molecular complexity index is 368. The lowest BCUT2D eigenvalue weighted by molar-refractivity contribution is -0.00524. The molecule has 0 bridgehead atoms. The number of piperidine rings is 1. The van der Waals surface area contributed by atoms with E-state index in [1.807, 2.05) is 18.2 Å². The fraction of sp³-hybridized carbons (Fsp3) is 0.625. The highest BCUT2D eigenvalue weighted by Gasteiger charge is 2.34. The monoisotopic (exact) mass is 263 g/mol. The molecule has 0 spiro atoms. The number of hydrogen-bond acceptors (Lipinski definition) is 3. The maximum Gasteiger partial charge on any atom is 0.0628 e. The summed E-state index contributed by atoms with van der Waals surface area (Å²) in [6.07, 6.45) is 3.43. The van der Waals surface area contributed by atoms with Gasteiger partial charge in [-0.05, 0) is 30.9 Å². The number of rotatable bonds is 5. The summed E-state index contributed by atoms with van der Waals surface area (Å²) in [7, 11) is 0. The highest BCUT2D eigenvalue weighted by atomic mass is 16.3. The van der Waals surface area contributed by atoms with Gasteiger partial charge in [0.15, 0.2) is 0 Å². The Balaban J connectivity index is 2.21. The van der Waals surface area contributed by atoms with Gasteiger partial charge in [-0.2, -0.15) is 0 Å². The molecule has 3 heteroatoms. The van der Waals surface area contributed by atoms with E-state index in [1.54, 1.807) is 0 Å². The molecular weight excluding hydrogens is 238 g/mol. The minimum atomic E-state index is 0.00713. The van der Waals surface area contributed by atoms with Crippen LogP contribution in [0.1, 0.15) is 37.8 Å². The zero-order valence-electron chi connectivity index (χ0n) is 11.7. The molecule has 3 atom stereocenters. The largest absolute Gasteiger partial charge is 0.395 e. The number of likely N-dealkylation sites (tertiary alicyclic amines) is 1. The van der Waals surface area contributed by atoms with Gasteiger partial charge in [-0.1, -0.05) is 43.7 Å². The van der Waals surface area contributed by atoms with Crippen molar-refractivity contribution in [1.82, 2.24) is 4.90 Å². The molecule has 1 fully saturated rings. The Morgan fingerprint density at radius 2 is 2.00 bits per heavy atom. The quantitative estimate of drug-likeness (QED) is 0.856. The van der Waals surface area contributed by atoms with E-state index in [9.17, 15) is 10.2 Å². The standard InChI is InChI=1S/C16H25NO2/c1-2-13-9-6-10-17(15(13)11-18)16(12-19)14-7-4-3-5-8-14/h3-5,7-8,13,15-16,18-19H,2,6,9-12H2,1H3/t13-,15+,16+/m0/s1. The van der Waals surface area contributed by atoms with Crippen LogP contribution in [0.15, 0.2) is 30.3 Å². The van der Waals surface area contributed by atoms with Gasteiger partial charge in [0.2, 0.25) is 0 Å². The summed E-state index contributed by atoms with van der Waals surface area (Å²) in [6.45, 7) is 3.44. The average molecular weight is 263 g/mol. The molecule has 2 rings (SSSR count). The highest BCUT2D eigenvalue weighted by molar-refractivity contribution is 5.19. The molecule has 3 nitrogen and oxygen atoms in total. The van der Waals surface area contributed by atoms with Crippen LogP contribution in [-0.2, 0) is 0 Å². The van der Waals surface area contributed by atoms with Crippen molar-refractivity contribution in [3.63, 3.8) is 0 Å². The molecule has 0 unspecified atom stereocenters. The molecule has 2 N–H and O–H groups in total. The maximum absolute atomic E-state index is 9.78. The molecule has 1 saturated heterocycles. The third-order valence-corrected chi connectivity index (χ3v) is 4.43. The maximum atomic E-state index is 9.78. The van der Waals surface area contributed by atoms with E-state index in [0.29, 0.717) is 5.92 Å². The second-order valence-electron chi connectivity index (χ2n) is 5.41. The van der Waals surface area contributed by atoms with Gasteiger partial charge in [-0.15, -0.1) is 0 Å². The van der Waals surface area contributed by atoms with E-state index in [-0.39, 0.29) is 25.3 Å². The molecule has 1 aromatic carbocycles. The smallest absolute Gasteiger partial charge is 0.0628 e. The summed E-state index contributed by atoms with van der Waals surface area (Å²) in [6, 6.07) is 10.3. The van der Waals surface area contributed by atoms with E-state index >= 15 is 0 Å². The van der Waals surface area contributed by atoms with Crippen LogP contribution < -0.4 is 0 Å². The van der Waals surface area contributed by atoms with Crippen molar-refractivity contribution in [1.29, 1.82) is 0 Å². The first-order valence-corrected chi connectivity index (χ1v) is 7.34. The first kappa shape index (κ1) is 14.5. The topological polar surface area (TPSA) is 43.7 Å². The lowest BCUT2D eigenvalue weighted by Crippen LogP contribution is -2.49. The normalized spacial score (nSPS) is 26.3. The summed E-state index contributed by atoms with van der Waals surface area (Å²) in [4.78, 5) is 2.30. The minimum Gasteiger partial charge on any atom is -0.395 e. The summed E-state index contributed by atoms with van der Waals surface area (Å²) in [5.41, 5.74) is 1.14. The van der Waals surface area contributed by atoms with Gasteiger partial charge in [-0.3, -0.25) is 4.90 Å². The third-order valence-electron chi connectivity index (χ3n) is 4.43. The summed E-state index contributed by atoms with van der Waals surface area (Å²) < 4.78 is 0. The van der Waals surface area contributed by atoms with Gasteiger partial charge < -0.3 is 10.2 Å². The van der Waals surface area contributed by atoms with Crippen LogP contribution in [0.5, 0.6) is 0 Å². The number of nitrogens with zero attached hydrogens (tertiary/aromatic N) is 1. The SMILES string of the molecule is CC[C@H]1CCCN([C@H](CO)c2ccccc2)[C@@H]1CO. The molecule has 0 aromatic heterocycles. The fourth-order valence-electron chi connectivity index (χ4n) is 3.36. The Morgan fingerprint density at radius 3 is 2.58 bits per heavy atom. The number of hydrogen-bond donors (Lipinski definition) is 2. The Kier molecular flexibility index (Phi) is 5.37. The van der Waals surface area contributed by atoms with Crippen molar-refractivity contribution >= 4 is 0 Å². The van der Waals surface area contributed by atoms with Crippen molar-refractivity contribution in [3.8, 4) is 0 Å². The van der Waals surface area contributed by atoms with Gasteiger partial charge in [0.1, 0.15) is 0 Å². The first-order valence-electron chi connectivity index (χ1n) is 7.34. The Labute approximate surface area is 115 Å². The molecule has 0 amide bonds. The van der Waals surface area contributed by atoms with Crippen LogP contribution >= 0.6 is 0 Å². The van der Waals surface area contributed by atoms with Crippen LogP contribution in [0.25, 0.3) is 0 Å². The molecule has 1 aromatic rings. The van der Waals surface area contributed by atoms with Crippen molar-refractivity contribution < 1.29 is 10.2 Å². The van der Waals surface area contributed by atoms with Crippen LogP contribution in [0, 0.1) is 5.92 Å². The highest BCUT2D eigenvalue weighted by Crippen LogP contribution is 2.32. The second kappa shape index (κ2) is 7.04. The molecule has 0 radical (unpaired) electrons. The molecule has 106 valence electrons. The first-order chi connectivity index (χ1) is 9.31. The Morgan fingerprint density at radius 1 is 1.26 bits per heavy atom. The Hall–Kier alpha value is -0.900. The number of aliphatic hydroxyl groups is 2. The lowest BCUT2D eigenvalue weighted by Gasteiger charge is -2.44. The zero-order valence-corrected chi connectivity index (χ0v) is 11.7. The van der Waals surface area contributed by atoms with Crippen LogP contribution in [0.4, 0.5) is 0 Å². The van der Waals surface area contributed by atoms with Gasteiger partial charge in [0, 0.05) is 6.04 Å². The van der Waals surface area contributed by atoms with Gasteiger partial charge in [0.25, 0.3) is 0 Å². The van der Waals surface area contributed by atoms with Crippen molar-refractivity contribution in [3.05, 3.63) is 35.9 Å².